The Labute approximate surface area is 185 Å². The van der Waals surface area contributed by atoms with E-state index in [1.807, 2.05) is 38.1 Å². The summed E-state index contributed by atoms with van der Waals surface area (Å²) >= 11 is 4.54. The van der Waals surface area contributed by atoms with Crippen molar-refractivity contribution in [3.63, 3.8) is 0 Å². The van der Waals surface area contributed by atoms with E-state index < -0.39 is 0 Å². The summed E-state index contributed by atoms with van der Waals surface area (Å²) in [4.78, 5) is 34.2. The van der Waals surface area contributed by atoms with Crippen LogP contribution < -0.4 is 10.9 Å². The highest BCUT2D eigenvalue weighted by atomic mass is 32.2. The highest BCUT2D eigenvalue weighted by Gasteiger charge is 2.11. The Morgan fingerprint density at radius 3 is 2.73 bits per heavy atom. The molecule has 4 rings (SSSR count). The molecule has 0 spiro atoms. The van der Waals surface area contributed by atoms with Gasteiger partial charge in [0.15, 0.2) is 4.34 Å². The van der Waals surface area contributed by atoms with Crippen LogP contribution in [0.1, 0.15) is 10.7 Å². The Hall–Kier alpha value is -2.56. The van der Waals surface area contributed by atoms with E-state index in [2.05, 4.69) is 20.4 Å². The zero-order valence-electron chi connectivity index (χ0n) is 16.4. The molecule has 154 valence electrons. The Kier molecular flexibility index (Phi) is 6.26. The first-order chi connectivity index (χ1) is 14.5. The summed E-state index contributed by atoms with van der Waals surface area (Å²) in [6.45, 7) is 4.51. The Morgan fingerprint density at radius 1 is 1.13 bits per heavy atom. The molecule has 1 N–H and O–H groups in total. The number of hydrogen-bond acceptors (Lipinski definition) is 8. The molecule has 0 aliphatic carbocycles. The fourth-order valence-electron chi connectivity index (χ4n) is 2.89. The number of thioether (sulfide) groups is 1. The van der Waals surface area contributed by atoms with Gasteiger partial charge in [-0.3, -0.25) is 9.59 Å². The number of hydrogen-bond donors (Lipinski definition) is 1. The molecule has 1 amide bonds. The molecular formula is C20H19N5O2S3. The summed E-state index contributed by atoms with van der Waals surface area (Å²) in [5, 5.41) is 8.24. The molecule has 30 heavy (non-hydrogen) atoms. The number of carbonyl (C=O) groups excluding carboxylic acids is 1. The standard InChI is InChI=1S/C20H19N5O2S3/c1-12-19(29-13(2)22-12)15-7-8-18(27)25(24-15)10-9-21-17(26)11-28-20-23-14-5-3-4-6-16(14)30-20/h3-8H,9-11H2,1-2H3,(H,21,26). The fourth-order valence-corrected chi connectivity index (χ4v) is 5.67. The van der Waals surface area contributed by atoms with E-state index in [1.54, 1.807) is 28.7 Å². The van der Waals surface area contributed by atoms with Crippen LogP contribution in [0.5, 0.6) is 0 Å². The SMILES string of the molecule is Cc1nc(C)c(-c2ccc(=O)n(CCNC(=O)CSc3nc4ccccc4s3)n2)s1. The molecule has 3 heterocycles. The van der Waals surface area contributed by atoms with Gasteiger partial charge in [0.1, 0.15) is 5.69 Å². The number of aryl methyl sites for hydroxylation is 2. The van der Waals surface area contributed by atoms with Crippen LogP contribution in [-0.4, -0.2) is 38.0 Å². The zero-order chi connectivity index (χ0) is 21.1. The van der Waals surface area contributed by atoms with Crippen LogP contribution in [0.3, 0.4) is 0 Å². The van der Waals surface area contributed by atoms with Gasteiger partial charge in [0, 0.05) is 12.6 Å². The van der Waals surface area contributed by atoms with Gasteiger partial charge in [-0.2, -0.15) is 5.10 Å². The van der Waals surface area contributed by atoms with Crippen LogP contribution in [0, 0.1) is 13.8 Å². The predicted octanol–water partition coefficient (Wildman–Crippen LogP) is 3.50. The smallest absolute Gasteiger partial charge is 0.266 e. The molecule has 0 saturated heterocycles. The monoisotopic (exact) mass is 457 g/mol. The average Bonchev–Trinajstić information content (AvgIpc) is 3.29. The van der Waals surface area contributed by atoms with E-state index in [0.717, 1.165) is 35.8 Å². The molecule has 0 saturated carbocycles. The molecule has 1 aromatic carbocycles. The predicted molar refractivity (Wildman–Crippen MR) is 122 cm³/mol. The number of fused-ring (bicyclic) bond motifs is 1. The summed E-state index contributed by atoms with van der Waals surface area (Å²) in [5.74, 6) is 0.180. The maximum absolute atomic E-state index is 12.2. The van der Waals surface area contributed by atoms with Crippen molar-refractivity contribution >= 4 is 50.6 Å². The minimum atomic E-state index is -0.198. The minimum Gasteiger partial charge on any atom is -0.354 e. The maximum atomic E-state index is 12.2. The summed E-state index contributed by atoms with van der Waals surface area (Å²) in [5.41, 5.74) is 2.36. The Bertz CT molecular complexity index is 1230. The normalized spacial score (nSPS) is 11.1. The number of para-hydroxylation sites is 1. The molecule has 4 aromatic rings. The third kappa shape index (κ3) is 4.77. The molecule has 0 aliphatic rings. The lowest BCUT2D eigenvalue weighted by atomic mass is 10.3. The van der Waals surface area contributed by atoms with Gasteiger partial charge in [0.2, 0.25) is 5.91 Å². The average molecular weight is 458 g/mol. The van der Waals surface area contributed by atoms with Crippen LogP contribution in [0.4, 0.5) is 0 Å². The van der Waals surface area contributed by atoms with Gasteiger partial charge in [-0.1, -0.05) is 23.9 Å². The summed E-state index contributed by atoms with van der Waals surface area (Å²) in [6, 6.07) is 11.1. The second-order valence-electron chi connectivity index (χ2n) is 6.51. The molecule has 0 bridgehead atoms. The molecule has 0 radical (unpaired) electrons. The molecule has 10 heteroatoms. The quantitative estimate of drug-likeness (QED) is 0.427. The Morgan fingerprint density at radius 2 is 1.97 bits per heavy atom. The summed E-state index contributed by atoms with van der Waals surface area (Å²) in [6.07, 6.45) is 0. The van der Waals surface area contributed by atoms with Crippen molar-refractivity contribution in [1.82, 2.24) is 25.1 Å². The van der Waals surface area contributed by atoms with Gasteiger partial charge >= 0.3 is 0 Å². The first-order valence-electron chi connectivity index (χ1n) is 9.27. The van der Waals surface area contributed by atoms with Crippen LogP contribution in [0.2, 0.25) is 0 Å². The van der Waals surface area contributed by atoms with Crippen LogP contribution in [0.25, 0.3) is 20.8 Å². The highest BCUT2D eigenvalue weighted by molar-refractivity contribution is 8.01. The van der Waals surface area contributed by atoms with Crippen molar-refractivity contribution in [2.45, 2.75) is 24.7 Å². The van der Waals surface area contributed by atoms with Gasteiger partial charge < -0.3 is 5.32 Å². The van der Waals surface area contributed by atoms with Crippen molar-refractivity contribution in [2.24, 2.45) is 0 Å². The first-order valence-corrected chi connectivity index (χ1v) is 11.9. The van der Waals surface area contributed by atoms with Gasteiger partial charge in [0.05, 0.1) is 38.1 Å². The van der Waals surface area contributed by atoms with Crippen molar-refractivity contribution in [3.05, 3.63) is 57.5 Å². The van der Waals surface area contributed by atoms with Gasteiger partial charge in [-0.15, -0.1) is 22.7 Å². The van der Waals surface area contributed by atoms with Gasteiger partial charge in [-0.25, -0.2) is 14.6 Å². The first kappa shape index (κ1) is 20.7. The number of benzene rings is 1. The minimum absolute atomic E-state index is 0.0996. The number of nitrogens with zero attached hydrogens (tertiary/aromatic N) is 4. The van der Waals surface area contributed by atoms with Crippen molar-refractivity contribution in [2.75, 3.05) is 12.3 Å². The van der Waals surface area contributed by atoms with E-state index in [9.17, 15) is 9.59 Å². The molecule has 0 atom stereocenters. The van der Waals surface area contributed by atoms with Crippen LogP contribution >= 0.6 is 34.4 Å². The van der Waals surface area contributed by atoms with Crippen molar-refractivity contribution < 1.29 is 4.79 Å². The van der Waals surface area contributed by atoms with Crippen LogP contribution in [-0.2, 0) is 11.3 Å². The van der Waals surface area contributed by atoms with E-state index in [4.69, 9.17) is 0 Å². The van der Waals surface area contributed by atoms with Crippen molar-refractivity contribution in [1.29, 1.82) is 0 Å². The van der Waals surface area contributed by atoms with E-state index in [1.165, 1.54) is 22.5 Å². The lowest BCUT2D eigenvalue weighted by Crippen LogP contribution is -2.32. The lowest BCUT2D eigenvalue weighted by molar-refractivity contribution is -0.118. The lowest BCUT2D eigenvalue weighted by Gasteiger charge is -2.08. The molecule has 0 unspecified atom stereocenters. The number of rotatable bonds is 7. The number of thiazole rings is 2. The van der Waals surface area contributed by atoms with Crippen molar-refractivity contribution in [3.8, 4) is 10.6 Å². The summed E-state index contributed by atoms with van der Waals surface area (Å²) < 4.78 is 3.36. The fraction of sp³-hybridized carbons (Fsp3) is 0.250. The van der Waals surface area contributed by atoms with E-state index in [-0.39, 0.29) is 17.2 Å². The van der Waals surface area contributed by atoms with Gasteiger partial charge in [-0.05, 0) is 32.0 Å². The molecule has 3 aromatic heterocycles. The largest absolute Gasteiger partial charge is 0.354 e. The van der Waals surface area contributed by atoms with E-state index in [0.29, 0.717) is 13.1 Å². The second kappa shape index (κ2) is 9.07. The maximum Gasteiger partial charge on any atom is 0.266 e. The highest BCUT2D eigenvalue weighted by Crippen LogP contribution is 2.29. The number of amides is 1. The number of carbonyl (C=O) groups is 1. The Balaban J connectivity index is 1.32. The van der Waals surface area contributed by atoms with Crippen LogP contribution in [0.15, 0.2) is 45.5 Å². The third-order valence-corrected chi connectivity index (χ3v) is 7.52. The van der Waals surface area contributed by atoms with Gasteiger partial charge in [0.25, 0.3) is 5.56 Å². The number of nitrogens with one attached hydrogen (secondary N) is 1. The topological polar surface area (TPSA) is 89.8 Å². The summed E-state index contributed by atoms with van der Waals surface area (Å²) in [7, 11) is 0. The molecular weight excluding hydrogens is 438 g/mol. The van der Waals surface area contributed by atoms with E-state index >= 15 is 0 Å². The molecule has 0 aliphatic heterocycles. The zero-order valence-corrected chi connectivity index (χ0v) is 18.9. The number of aromatic nitrogens is 4. The molecule has 0 fully saturated rings. The second-order valence-corrected chi connectivity index (χ2v) is 9.97. The molecule has 7 nitrogen and oxygen atoms in total. The third-order valence-electron chi connectivity index (χ3n) is 4.25.